The average Bonchev–Trinajstić information content (AvgIpc) is 2.50. The average molecular weight is 347 g/mol. The van der Waals surface area contributed by atoms with E-state index in [4.69, 9.17) is 19.9 Å². The highest BCUT2D eigenvalue weighted by Gasteiger charge is 2.23. The molecular weight excluding hydrogens is 320 g/mol. The molecule has 7 heteroatoms. The van der Waals surface area contributed by atoms with Gasteiger partial charge in [-0.1, -0.05) is 13.8 Å². The van der Waals surface area contributed by atoms with E-state index in [0.717, 1.165) is 0 Å². The zero-order valence-electron chi connectivity index (χ0n) is 14.6. The molecule has 0 heterocycles. The number of hydrogen-bond acceptors (Lipinski definition) is 5. The molecule has 0 aromatic heterocycles. The highest BCUT2D eigenvalue weighted by atomic mass is 35.5. The number of amides is 1. The van der Waals surface area contributed by atoms with Crippen LogP contribution in [-0.2, 0) is 4.79 Å². The van der Waals surface area contributed by atoms with Crippen LogP contribution in [-0.4, -0.2) is 40.3 Å². The number of rotatable bonds is 7. The first-order chi connectivity index (χ1) is 10.3. The predicted octanol–water partition coefficient (Wildman–Crippen LogP) is 2.47. The summed E-state index contributed by atoms with van der Waals surface area (Å²) in [6.07, 6.45) is 0.633. The smallest absolute Gasteiger partial charge is 0.243 e. The van der Waals surface area contributed by atoms with Crippen LogP contribution in [0.25, 0.3) is 0 Å². The van der Waals surface area contributed by atoms with Gasteiger partial charge in [0.2, 0.25) is 11.7 Å². The van der Waals surface area contributed by atoms with E-state index in [1.165, 1.54) is 26.2 Å². The topological polar surface area (TPSA) is 74.0 Å². The number of anilines is 1. The number of halogens is 1. The molecule has 0 saturated carbocycles. The summed E-state index contributed by atoms with van der Waals surface area (Å²) in [5.41, 5.74) is 6.61. The standard InChI is InChI=1S/C16H26N2O4.ClH/c1-10(2)7-12(17)16(19)18(3)11-8-13(20-4)15(22-6)14(9-11)21-5;/h8-10,12H,7,17H2,1-6H3;1H/t12-;/m0./s1. The molecule has 1 rings (SSSR count). The zero-order valence-corrected chi connectivity index (χ0v) is 15.4. The number of carbonyl (C=O) groups is 1. The molecule has 0 spiro atoms. The van der Waals surface area contributed by atoms with Crippen molar-refractivity contribution in [3.05, 3.63) is 12.1 Å². The maximum atomic E-state index is 12.4. The quantitative estimate of drug-likeness (QED) is 0.821. The molecule has 1 atom stereocenters. The minimum absolute atomic E-state index is 0. The van der Waals surface area contributed by atoms with Crippen LogP contribution < -0.4 is 24.8 Å². The SMILES string of the molecule is COc1cc(N(C)C(=O)[C@@H](N)CC(C)C)cc(OC)c1OC.Cl. The second-order valence-corrected chi connectivity index (χ2v) is 5.52. The van der Waals surface area contributed by atoms with Crippen LogP contribution in [0.4, 0.5) is 5.69 Å². The van der Waals surface area contributed by atoms with E-state index in [1.54, 1.807) is 19.2 Å². The summed E-state index contributed by atoms with van der Waals surface area (Å²) in [5.74, 6) is 1.68. The van der Waals surface area contributed by atoms with E-state index in [1.807, 2.05) is 13.8 Å². The maximum absolute atomic E-state index is 12.4. The Morgan fingerprint density at radius 2 is 1.61 bits per heavy atom. The van der Waals surface area contributed by atoms with E-state index in [-0.39, 0.29) is 18.3 Å². The normalized spacial score (nSPS) is 11.5. The number of nitrogens with zero attached hydrogens (tertiary/aromatic N) is 1. The van der Waals surface area contributed by atoms with Gasteiger partial charge in [0.25, 0.3) is 0 Å². The molecule has 6 nitrogen and oxygen atoms in total. The summed E-state index contributed by atoms with van der Waals surface area (Å²) in [4.78, 5) is 13.9. The van der Waals surface area contributed by atoms with Crippen LogP contribution in [0.1, 0.15) is 20.3 Å². The summed E-state index contributed by atoms with van der Waals surface area (Å²) in [5, 5.41) is 0. The van der Waals surface area contributed by atoms with E-state index in [0.29, 0.717) is 35.3 Å². The third-order valence-electron chi connectivity index (χ3n) is 3.41. The van der Waals surface area contributed by atoms with Gasteiger partial charge in [0, 0.05) is 19.2 Å². The highest BCUT2D eigenvalue weighted by Crippen LogP contribution is 2.40. The largest absolute Gasteiger partial charge is 0.493 e. The molecule has 1 aromatic rings. The Hall–Kier alpha value is -1.66. The van der Waals surface area contributed by atoms with Gasteiger partial charge in [0.1, 0.15) is 0 Å². The minimum atomic E-state index is -0.538. The predicted molar refractivity (Wildman–Crippen MR) is 94.2 cm³/mol. The number of ether oxygens (including phenoxy) is 3. The fourth-order valence-electron chi connectivity index (χ4n) is 2.25. The number of methoxy groups -OCH3 is 3. The third-order valence-corrected chi connectivity index (χ3v) is 3.41. The maximum Gasteiger partial charge on any atom is 0.243 e. The lowest BCUT2D eigenvalue weighted by atomic mass is 10.0. The molecule has 0 aliphatic heterocycles. The van der Waals surface area contributed by atoms with Gasteiger partial charge in [0.15, 0.2) is 11.5 Å². The molecule has 0 fully saturated rings. The summed E-state index contributed by atoms with van der Waals surface area (Å²) >= 11 is 0. The monoisotopic (exact) mass is 346 g/mol. The van der Waals surface area contributed by atoms with Crippen molar-refractivity contribution in [2.75, 3.05) is 33.3 Å². The Morgan fingerprint density at radius 3 is 1.96 bits per heavy atom. The van der Waals surface area contributed by atoms with E-state index >= 15 is 0 Å². The van der Waals surface area contributed by atoms with Crippen molar-refractivity contribution >= 4 is 24.0 Å². The number of benzene rings is 1. The number of carbonyl (C=O) groups excluding carboxylic acids is 1. The van der Waals surface area contributed by atoms with Gasteiger partial charge >= 0.3 is 0 Å². The van der Waals surface area contributed by atoms with Gasteiger partial charge < -0.3 is 24.8 Å². The van der Waals surface area contributed by atoms with Crippen molar-refractivity contribution in [3.8, 4) is 17.2 Å². The minimum Gasteiger partial charge on any atom is -0.493 e. The fourth-order valence-corrected chi connectivity index (χ4v) is 2.25. The Balaban J connectivity index is 0.00000484. The highest BCUT2D eigenvalue weighted by molar-refractivity contribution is 5.97. The van der Waals surface area contributed by atoms with Gasteiger partial charge in [-0.25, -0.2) is 0 Å². The molecule has 0 radical (unpaired) electrons. The summed E-state index contributed by atoms with van der Waals surface area (Å²) in [6, 6.07) is 2.91. The number of likely N-dealkylation sites (N-methyl/N-ethyl adjacent to an activating group) is 1. The van der Waals surface area contributed by atoms with Crippen LogP contribution in [0.2, 0.25) is 0 Å². The fraction of sp³-hybridized carbons (Fsp3) is 0.562. The molecule has 0 aliphatic carbocycles. The second-order valence-electron chi connectivity index (χ2n) is 5.52. The Kier molecular flexibility index (Phi) is 8.79. The van der Waals surface area contributed by atoms with Crippen molar-refractivity contribution in [3.63, 3.8) is 0 Å². The molecule has 132 valence electrons. The molecule has 0 bridgehead atoms. The van der Waals surface area contributed by atoms with Gasteiger partial charge in [-0.05, 0) is 12.3 Å². The van der Waals surface area contributed by atoms with Gasteiger partial charge in [-0.3, -0.25) is 4.79 Å². The van der Waals surface area contributed by atoms with Crippen molar-refractivity contribution in [1.82, 2.24) is 0 Å². The van der Waals surface area contributed by atoms with Crippen molar-refractivity contribution < 1.29 is 19.0 Å². The first-order valence-electron chi connectivity index (χ1n) is 7.18. The zero-order chi connectivity index (χ0) is 16.9. The van der Waals surface area contributed by atoms with Gasteiger partial charge in [-0.15, -0.1) is 12.4 Å². The van der Waals surface area contributed by atoms with E-state index in [2.05, 4.69) is 0 Å². The number of nitrogens with two attached hydrogens (primary N) is 1. The Bertz CT molecular complexity index is 498. The van der Waals surface area contributed by atoms with Crippen molar-refractivity contribution in [1.29, 1.82) is 0 Å². The van der Waals surface area contributed by atoms with Gasteiger partial charge in [0.05, 0.1) is 33.1 Å². The molecule has 23 heavy (non-hydrogen) atoms. The van der Waals surface area contributed by atoms with Crippen LogP contribution in [0.15, 0.2) is 12.1 Å². The summed E-state index contributed by atoms with van der Waals surface area (Å²) in [7, 11) is 6.29. The lowest BCUT2D eigenvalue weighted by Gasteiger charge is -2.24. The molecule has 1 amide bonds. The Labute approximate surface area is 144 Å². The summed E-state index contributed by atoms with van der Waals surface area (Å²) in [6.45, 7) is 4.07. The molecule has 0 saturated heterocycles. The molecule has 2 N–H and O–H groups in total. The summed E-state index contributed by atoms with van der Waals surface area (Å²) < 4.78 is 15.9. The van der Waals surface area contributed by atoms with Crippen molar-refractivity contribution in [2.24, 2.45) is 11.7 Å². The van der Waals surface area contributed by atoms with Crippen LogP contribution in [0, 0.1) is 5.92 Å². The molecule has 0 unspecified atom stereocenters. The van der Waals surface area contributed by atoms with Crippen LogP contribution in [0.3, 0.4) is 0 Å². The van der Waals surface area contributed by atoms with Gasteiger partial charge in [-0.2, -0.15) is 0 Å². The molecule has 0 aliphatic rings. The molecular formula is C16H27ClN2O4. The molecule has 1 aromatic carbocycles. The van der Waals surface area contributed by atoms with E-state index in [9.17, 15) is 4.79 Å². The second kappa shape index (κ2) is 9.47. The lowest BCUT2D eigenvalue weighted by Crippen LogP contribution is -2.42. The van der Waals surface area contributed by atoms with E-state index < -0.39 is 6.04 Å². The Morgan fingerprint density at radius 1 is 1.13 bits per heavy atom. The van der Waals surface area contributed by atoms with Crippen LogP contribution in [0.5, 0.6) is 17.2 Å². The van der Waals surface area contributed by atoms with Crippen LogP contribution >= 0.6 is 12.4 Å². The first kappa shape index (κ1) is 21.3. The third kappa shape index (κ3) is 5.18. The number of hydrogen-bond donors (Lipinski definition) is 1. The first-order valence-corrected chi connectivity index (χ1v) is 7.18. The van der Waals surface area contributed by atoms with Crippen molar-refractivity contribution in [2.45, 2.75) is 26.3 Å². The lowest BCUT2D eigenvalue weighted by molar-refractivity contribution is -0.119.